The molecule has 12 heteroatoms. The zero-order chi connectivity index (χ0) is 35.2. The van der Waals surface area contributed by atoms with Gasteiger partial charge in [0.1, 0.15) is 28.2 Å². The highest BCUT2D eigenvalue weighted by Crippen LogP contribution is 2.73. The molecule has 3 saturated carbocycles. The number of nitrogens with zero attached hydrogens (tertiary/aromatic N) is 6. The van der Waals surface area contributed by atoms with Crippen molar-refractivity contribution >= 4 is 44.2 Å². The van der Waals surface area contributed by atoms with E-state index in [1.54, 1.807) is 6.07 Å². The van der Waals surface area contributed by atoms with E-state index in [9.17, 15) is 23.2 Å². The minimum absolute atomic E-state index is 0.0184. The molecule has 50 heavy (non-hydrogen) atoms. The van der Waals surface area contributed by atoms with Gasteiger partial charge >= 0.3 is 6.18 Å². The van der Waals surface area contributed by atoms with Crippen LogP contribution in [0.15, 0.2) is 24.3 Å². The number of hydrogen-bond donors (Lipinski definition) is 1. The fourth-order valence-corrected chi connectivity index (χ4v) is 11.0. The van der Waals surface area contributed by atoms with Crippen LogP contribution in [0.3, 0.4) is 0 Å². The second-order valence-corrected chi connectivity index (χ2v) is 16.9. The number of amides is 1. The lowest BCUT2D eigenvalue weighted by atomic mass is 9.32. The van der Waals surface area contributed by atoms with E-state index in [1.165, 1.54) is 11.1 Å². The molecule has 1 aromatic carbocycles. The number of aromatic nitrogens is 3. The van der Waals surface area contributed by atoms with Gasteiger partial charge in [0.2, 0.25) is 5.91 Å². The summed E-state index contributed by atoms with van der Waals surface area (Å²) in [7, 11) is 0. The van der Waals surface area contributed by atoms with Crippen molar-refractivity contribution < 1.29 is 18.0 Å². The molecular formula is C38H44F3N7OS. The van der Waals surface area contributed by atoms with Crippen molar-refractivity contribution in [2.24, 2.45) is 16.7 Å². The highest BCUT2D eigenvalue weighted by Gasteiger charge is 2.73. The first-order valence-corrected chi connectivity index (χ1v) is 18.7. The summed E-state index contributed by atoms with van der Waals surface area (Å²) in [5, 5.41) is 15.2. The summed E-state index contributed by atoms with van der Waals surface area (Å²) >= 11 is 1.12. The highest BCUT2D eigenvalue weighted by molar-refractivity contribution is 7.18. The third kappa shape index (κ3) is 5.47. The molecule has 2 saturated heterocycles. The molecule has 2 atom stereocenters. The number of thiophene rings is 1. The first-order valence-electron chi connectivity index (χ1n) is 17.9. The number of rotatable bonds is 9. The lowest BCUT2D eigenvalue weighted by molar-refractivity contribution is -0.226. The molecule has 1 N–H and O–H groups in total. The number of nitrogens with one attached hydrogen (secondary N) is 1. The van der Waals surface area contributed by atoms with Crippen molar-refractivity contribution in [1.82, 2.24) is 24.8 Å². The average Bonchev–Trinajstić information content (AvgIpc) is 3.84. The molecule has 9 rings (SSSR count). The van der Waals surface area contributed by atoms with Gasteiger partial charge in [-0.25, -0.2) is 9.97 Å². The van der Waals surface area contributed by atoms with E-state index in [2.05, 4.69) is 62.8 Å². The zero-order valence-corrected chi connectivity index (χ0v) is 30.0. The lowest BCUT2D eigenvalue weighted by Crippen LogP contribution is -2.80. The minimum atomic E-state index is -4.26. The van der Waals surface area contributed by atoms with Gasteiger partial charge in [-0.3, -0.25) is 9.69 Å². The Bertz CT molecular complexity index is 2050. The van der Waals surface area contributed by atoms with Gasteiger partial charge in [0, 0.05) is 65.9 Å². The summed E-state index contributed by atoms with van der Waals surface area (Å²) in [5.41, 5.74) is 4.65. The van der Waals surface area contributed by atoms with Crippen molar-refractivity contribution in [3.05, 3.63) is 51.8 Å². The van der Waals surface area contributed by atoms with Crippen LogP contribution in [0.25, 0.3) is 21.1 Å². The van der Waals surface area contributed by atoms with E-state index in [-0.39, 0.29) is 27.2 Å². The van der Waals surface area contributed by atoms with E-state index in [0.29, 0.717) is 28.7 Å². The third-order valence-electron chi connectivity index (χ3n) is 12.8. The maximum atomic E-state index is 13.2. The predicted octanol–water partition coefficient (Wildman–Crippen LogP) is 7.43. The number of likely N-dealkylation sites (tertiary alicyclic amines) is 1. The van der Waals surface area contributed by atoms with Crippen LogP contribution in [0, 0.1) is 41.9 Å². The van der Waals surface area contributed by atoms with Gasteiger partial charge in [0.15, 0.2) is 0 Å². The molecule has 5 aliphatic rings. The number of benzene rings is 1. The number of aryl methyl sites for hydroxylation is 3. The first-order chi connectivity index (χ1) is 23.7. The molecule has 5 heterocycles. The number of anilines is 1. The molecule has 5 fully saturated rings. The molecular weight excluding hydrogens is 660 g/mol. The Kier molecular flexibility index (Phi) is 7.81. The normalized spacial score (nSPS) is 27.6. The van der Waals surface area contributed by atoms with Crippen molar-refractivity contribution in [3.63, 3.8) is 0 Å². The fraction of sp³-hybridized carbons (Fsp3) is 0.579. The van der Waals surface area contributed by atoms with Crippen molar-refractivity contribution in [2.45, 2.75) is 97.4 Å². The standard InChI is InChI=1S/C38H44F3N7OS/c1-5-32(49)45-37-19-36(20-37,24(37)3)10-13-48-27(17-42)14-29-23(2)26(6-7-31(29)48)18-46-11-8-35(21-46)9-12-47(22-35)33-30-15-28(16-38(39,40)41)50-34(30)44-25(4)43-33/h6-7,14-15,24H,5,8-13,16,18-22H2,1-4H3,(H,45,49)/t24-,35?,36?,37?/m0/s1. The van der Waals surface area contributed by atoms with Crippen molar-refractivity contribution in [3.8, 4) is 6.07 Å². The minimum Gasteiger partial charge on any atom is -0.355 e. The van der Waals surface area contributed by atoms with Gasteiger partial charge in [-0.05, 0) is 93.2 Å². The molecule has 8 nitrogen and oxygen atoms in total. The average molecular weight is 704 g/mol. The second kappa shape index (κ2) is 11.7. The van der Waals surface area contributed by atoms with Crippen molar-refractivity contribution in [2.75, 3.05) is 31.1 Å². The van der Waals surface area contributed by atoms with Crippen LogP contribution in [0.1, 0.15) is 79.9 Å². The molecule has 264 valence electrons. The summed E-state index contributed by atoms with van der Waals surface area (Å²) in [6, 6.07) is 10.6. The molecule has 1 spiro atoms. The predicted molar refractivity (Wildman–Crippen MR) is 189 cm³/mol. The molecule has 2 bridgehead atoms. The monoisotopic (exact) mass is 703 g/mol. The molecule has 2 aliphatic heterocycles. The van der Waals surface area contributed by atoms with E-state index in [0.717, 1.165) is 105 Å². The Hall–Kier alpha value is -3.69. The molecule has 4 aromatic rings. The molecule has 3 aliphatic carbocycles. The Balaban J connectivity index is 0.943. The smallest absolute Gasteiger partial charge is 0.355 e. The first kappa shape index (κ1) is 33.5. The Labute approximate surface area is 294 Å². The maximum absolute atomic E-state index is 13.2. The molecule has 0 radical (unpaired) electrons. The quantitative estimate of drug-likeness (QED) is 0.195. The van der Waals surface area contributed by atoms with E-state index >= 15 is 0 Å². The second-order valence-electron chi connectivity index (χ2n) is 15.8. The molecule has 3 aromatic heterocycles. The van der Waals surface area contributed by atoms with Crippen LogP contribution in [0.4, 0.5) is 19.0 Å². The third-order valence-corrected chi connectivity index (χ3v) is 13.8. The van der Waals surface area contributed by atoms with Gasteiger partial charge < -0.3 is 14.8 Å². The van der Waals surface area contributed by atoms with Gasteiger partial charge in [0.05, 0.1) is 11.8 Å². The topological polar surface area (TPSA) is 90.1 Å². The molecule has 1 unspecified atom stereocenters. The Morgan fingerprint density at radius 2 is 1.90 bits per heavy atom. The number of hydrogen-bond acceptors (Lipinski definition) is 7. The van der Waals surface area contributed by atoms with Gasteiger partial charge in [-0.15, -0.1) is 11.3 Å². The number of nitriles is 1. The summed E-state index contributed by atoms with van der Waals surface area (Å²) < 4.78 is 41.7. The largest absolute Gasteiger partial charge is 0.393 e. The van der Waals surface area contributed by atoms with E-state index < -0.39 is 12.6 Å². The van der Waals surface area contributed by atoms with Crippen LogP contribution in [0.2, 0.25) is 0 Å². The van der Waals surface area contributed by atoms with Gasteiger partial charge in [0.25, 0.3) is 0 Å². The summed E-state index contributed by atoms with van der Waals surface area (Å²) in [4.78, 5) is 27.0. The van der Waals surface area contributed by atoms with Crippen molar-refractivity contribution in [1.29, 1.82) is 5.26 Å². The fourth-order valence-electron chi connectivity index (χ4n) is 9.90. The Morgan fingerprint density at radius 3 is 2.62 bits per heavy atom. The SMILES string of the molecule is CCC(=O)NC12CC(CCn3c(C#N)cc4c(C)c(CN5CCC6(CCN(c7nc(C)nc8sc(CC(F)(F)F)cc78)C6)C5)ccc43)(C1)[C@@H]2C. The highest BCUT2D eigenvalue weighted by atomic mass is 32.1. The number of fused-ring (bicyclic) bond motifs is 2. The van der Waals surface area contributed by atoms with E-state index in [1.807, 2.05) is 13.8 Å². The molecule has 1 amide bonds. The van der Waals surface area contributed by atoms with Crippen LogP contribution >= 0.6 is 11.3 Å². The zero-order valence-electron chi connectivity index (χ0n) is 29.2. The number of halogens is 3. The van der Waals surface area contributed by atoms with Crippen LogP contribution < -0.4 is 10.2 Å². The summed E-state index contributed by atoms with van der Waals surface area (Å²) in [6.45, 7) is 13.4. The van der Waals surface area contributed by atoms with Crippen LogP contribution in [-0.2, 0) is 24.3 Å². The summed E-state index contributed by atoms with van der Waals surface area (Å²) in [6.07, 6.45) is 0.480. The number of carbonyl (C=O) groups excluding carboxylic acids is 1. The lowest BCUT2D eigenvalue weighted by Gasteiger charge is -2.76. The number of carbonyl (C=O) groups is 1. The van der Waals surface area contributed by atoms with Gasteiger partial charge in [-0.1, -0.05) is 19.9 Å². The number of alkyl halides is 3. The van der Waals surface area contributed by atoms with Crippen LogP contribution in [-0.4, -0.2) is 63.2 Å². The van der Waals surface area contributed by atoms with E-state index in [4.69, 9.17) is 4.98 Å². The Morgan fingerprint density at radius 1 is 1.12 bits per heavy atom. The summed E-state index contributed by atoms with van der Waals surface area (Å²) in [5.74, 6) is 1.94. The van der Waals surface area contributed by atoms with Crippen LogP contribution in [0.5, 0.6) is 0 Å². The van der Waals surface area contributed by atoms with Gasteiger partial charge in [-0.2, -0.15) is 18.4 Å². The maximum Gasteiger partial charge on any atom is 0.393 e.